The molecule has 0 aromatic heterocycles. The maximum absolute atomic E-state index is 13.0. The van der Waals surface area contributed by atoms with Crippen LogP contribution in [0, 0.1) is 5.41 Å². The third-order valence-electron chi connectivity index (χ3n) is 6.35. The van der Waals surface area contributed by atoms with Crippen LogP contribution in [0.2, 0.25) is 0 Å². The lowest BCUT2D eigenvalue weighted by Crippen LogP contribution is -2.52. The Kier molecular flexibility index (Phi) is 11.5. The normalized spacial score (nSPS) is 19.1. The van der Waals surface area contributed by atoms with Crippen molar-refractivity contribution < 1.29 is 42.1 Å². The fourth-order valence-electron chi connectivity index (χ4n) is 4.03. The molecule has 0 bridgehead atoms. The van der Waals surface area contributed by atoms with Gasteiger partial charge in [-0.2, -0.15) is 0 Å². The van der Waals surface area contributed by atoms with Gasteiger partial charge in [-0.05, 0) is 36.2 Å². The first kappa shape index (κ1) is 32.3. The predicted octanol–water partition coefficient (Wildman–Crippen LogP) is 1.25. The highest BCUT2D eigenvalue weighted by atomic mass is 32.2. The molecule has 1 aliphatic rings. The Morgan fingerprint density at radius 3 is 2.34 bits per heavy atom. The van der Waals surface area contributed by atoms with Crippen LogP contribution in [0.3, 0.4) is 0 Å². The molecule has 0 spiro atoms. The van der Waals surface area contributed by atoms with E-state index in [4.69, 9.17) is 18.9 Å². The molecular weight excluding hydrogens is 554 g/mol. The van der Waals surface area contributed by atoms with Crippen molar-refractivity contribution >= 4 is 21.8 Å². The summed E-state index contributed by atoms with van der Waals surface area (Å²) in [6.45, 7) is 4.65. The van der Waals surface area contributed by atoms with E-state index >= 15 is 0 Å². The maximum atomic E-state index is 13.0. The minimum absolute atomic E-state index is 0.0252. The number of ether oxygens (including phenoxy) is 4. The summed E-state index contributed by atoms with van der Waals surface area (Å²) in [5.41, 5.74) is 0.956. The van der Waals surface area contributed by atoms with E-state index in [-0.39, 0.29) is 38.6 Å². The van der Waals surface area contributed by atoms with Crippen molar-refractivity contribution in [2.45, 2.75) is 45.3 Å². The summed E-state index contributed by atoms with van der Waals surface area (Å²) in [6.07, 6.45) is -1.71. The summed E-state index contributed by atoms with van der Waals surface area (Å²) in [5.74, 6) is 0.341. The highest BCUT2D eigenvalue weighted by molar-refractivity contribution is 7.88. The number of aliphatic hydroxyl groups excluding tert-OH is 1. The molecule has 226 valence electrons. The van der Waals surface area contributed by atoms with Gasteiger partial charge in [-0.25, -0.2) is 13.1 Å². The summed E-state index contributed by atoms with van der Waals surface area (Å²) in [4.78, 5) is 25.3. The fourth-order valence-corrected chi connectivity index (χ4v) is 4.48. The third kappa shape index (κ3) is 10.3. The fraction of sp³-hybridized carbons (Fsp3) is 0.500. The van der Waals surface area contributed by atoms with E-state index in [0.717, 1.165) is 17.4 Å². The molecule has 1 heterocycles. The Labute approximate surface area is 240 Å². The number of hydrogen-bond donors (Lipinski definition) is 4. The molecule has 3 rings (SSSR count). The molecule has 2 unspecified atom stereocenters. The van der Waals surface area contributed by atoms with Gasteiger partial charge in [0.15, 0.2) is 6.29 Å². The molecule has 41 heavy (non-hydrogen) atoms. The van der Waals surface area contributed by atoms with Crippen molar-refractivity contribution in [3.63, 3.8) is 0 Å². The van der Waals surface area contributed by atoms with E-state index in [1.807, 2.05) is 26.0 Å². The summed E-state index contributed by atoms with van der Waals surface area (Å²) in [6, 6.07) is 14.1. The standard InChI is InChI=1S/C28H39N3O9S/c1-28(2)18-39-27(20-7-11-21(37-3)12-8-20)40-24(28)26(34)29-14-13-23(32)25(33)30-17-19-5-9-22(10-6-19)38-16-15-31-41(4,35)36/h5-12,23-24,27,31-32H,13-18H2,1-4H3,(H,29,34)(H,30,33)/t23?,24-,27?/m0/s1. The predicted molar refractivity (Wildman–Crippen MR) is 151 cm³/mol. The summed E-state index contributed by atoms with van der Waals surface area (Å²) >= 11 is 0. The summed E-state index contributed by atoms with van der Waals surface area (Å²) in [5, 5.41) is 15.7. The first-order valence-corrected chi connectivity index (χ1v) is 15.1. The number of nitrogens with one attached hydrogen (secondary N) is 3. The van der Waals surface area contributed by atoms with Crippen LogP contribution < -0.4 is 24.8 Å². The average molecular weight is 594 g/mol. The SMILES string of the molecule is COc1ccc(C2OCC(C)(C)[C@H](C(=O)NCCC(O)C(=O)NCc3ccc(OCCNS(C)(=O)=O)cc3)O2)cc1. The van der Waals surface area contributed by atoms with Crippen LogP contribution in [0.15, 0.2) is 48.5 Å². The second-order valence-electron chi connectivity index (χ2n) is 10.4. The largest absolute Gasteiger partial charge is 0.497 e. The quantitative estimate of drug-likeness (QED) is 0.236. The lowest BCUT2D eigenvalue weighted by atomic mass is 9.85. The molecule has 3 atom stereocenters. The van der Waals surface area contributed by atoms with Gasteiger partial charge in [-0.1, -0.05) is 38.1 Å². The van der Waals surface area contributed by atoms with Crippen LogP contribution in [-0.4, -0.2) is 77.2 Å². The van der Waals surface area contributed by atoms with Crippen LogP contribution >= 0.6 is 0 Å². The Morgan fingerprint density at radius 1 is 1.05 bits per heavy atom. The van der Waals surface area contributed by atoms with E-state index < -0.39 is 39.8 Å². The number of carbonyl (C=O) groups excluding carboxylic acids is 2. The summed E-state index contributed by atoms with van der Waals surface area (Å²) < 4.78 is 47.0. The number of hydrogen-bond acceptors (Lipinski definition) is 9. The van der Waals surface area contributed by atoms with Gasteiger partial charge in [0.1, 0.15) is 30.3 Å². The lowest BCUT2D eigenvalue weighted by molar-refractivity contribution is -0.258. The van der Waals surface area contributed by atoms with Crippen LogP contribution in [0.1, 0.15) is 37.7 Å². The highest BCUT2D eigenvalue weighted by Crippen LogP contribution is 2.37. The van der Waals surface area contributed by atoms with E-state index in [2.05, 4.69) is 15.4 Å². The van der Waals surface area contributed by atoms with E-state index in [9.17, 15) is 23.1 Å². The van der Waals surface area contributed by atoms with Gasteiger partial charge in [0.05, 0.1) is 20.0 Å². The lowest BCUT2D eigenvalue weighted by Gasteiger charge is -2.41. The molecule has 0 radical (unpaired) electrons. The van der Waals surface area contributed by atoms with Gasteiger partial charge in [-0.3, -0.25) is 9.59 Å². The Bertz CT molecular complexity index is 1250. The van der Waals surface area contributed by atoms with Crippen LogP contribution in [0.25, 0.3) is 0 Å². The van der Waals surface area contributed by atoms with Crippen molar-refractivity contribution in [1.82, 2.24) is 15.4 Å². The van der Waals surface area contributed by atoms with Crippen molar-refractivity contribution in [3.8, 4) is 11.5 Å². The zero-order valence-electron chi connectivity index (χ0n) is 23.7. The number of methoxy groups -OCH3 is 1. The van der Waals surface area contributed by atoms with Crippen molar-refractivity contribution in [2.75, 3.05) is 39.7 Å². The molecule has 0 saturated carbocycles. The molecule has 4 N–H and O–H groups in total. The first-order valence-electron chi connectivity index (χ1n) is 13.2. The highest BCUT2D eigenvalue weighted by Gasteiger charge is 2.43. The first-order chi connectivity index (χ1) is 19.4. The zero-order valence-corrected chi connectivity index (χ0v) is 24.5. The minimum atomic E-state index is -3.27. The van der Waals surface area contributed by atoms with Crippen LogP contribution in [0.5, 0.6) is 11.5 Å². The van der Waals surface area contributed by atoms with Crippen LogP contribution in [0.4, 0.5) is 0 Å². The van der Waals surface area contributed by atoms with Gasteiger partial charge in [-0.15, -0.1) is 0 Å². The smallest absolute Gasteiger partial charge is 0.249 e. The topological polar surface area (TPSA) is 162 Å². The van der Waals surface area contributed by atoms with E-state index in [1.165, 1.54) is 0 Å². The Morgan fingerprint density at radius 2 is 1.71 bits per heavy atom. The van der Waals surface area contributed by atoms with Gasteiger partial charge in [0.25, 0.3) is 0 Å². The number of aliphatic hydroxyl groups is 1. The molecule has 0 aliphatic carbocycles. The molecule has 12 nitrogen and oxygen atoms in total. The molecule has 1 saturated heterocycles. The van der Waals surface area contributed by atoms with Gasteiger partial charge >= 0.3 is 0 Å². The van der Waals surface area contributed by atoms with E-state index in [0.29, 0.717) is 18.1 Å². The third-order valence-corrected chi connectivity index (χ3v) is 7.08. The van der Waals surface area contributed by atoms with Gasteiger partial charge in [0, 0.05) is 30.6 Å². The Balaban J connectivity index is 1.40. The van der Waals surface area contributed by atoms with Crippen molar-refractivity contribution in [1.29, 1.82) is 0 Å². The molecule has 13 heteroatoms. The maximum Gasteiger partial charge on any atom is 0.249 e. The number of carbonyl (C=O) groups is 2. The molecule has 1 fully saturated rings. The zero-order chi connectivity index (χ0) is 30.0. The van der Waals surface area contributed by atoms with E-state index in [1.54, 1.807) is 43.5 Å². The average Bonchev–Trinajstić information content (AvgIpc) is 2.94. The molecule has 2 amide bonds. The van der Waals surface area contributed by atoms with Gasteiger partial charge < -0.3 is 34.7 Å². The number of rotatable bonds is 14. The number of amides is 2. The molecule has 2 aromatic rings. The van der Waals surface area contributed by atoms with Crippen LogP contribution in [-0.2, 0) is 35.6 Å². The second kappa shape index (κ2) is 14.6. The Hall–Kier alpha value is -3.23. The minimum Gasteiger partial charge on any atom is -0.497 e. The van der Waals surface area contributed by atoms with Crippen molar-refractivity contribution in [2.24, 2.45) is 5.41 Å². The molecule has 2 aromatic carbocycles. The summed E-state index contributed by atoms with van der Waals surface area (Å²) in [7, 11) is -1.69. The molecule has 1 aliphatic heterocycles. The van der Waals surface area contributed by atoms with Crippen molar-refractivity contribution in [3.05, 3.63) is 59.7 Å². The second-order valence-corrected chi connectivity index (χ2v) is 12.2. The molecular formula is C28H39N3O9S. The number of benzene rings is 2. The monoisotopic (exact) mass is 593 g/mol. The number of sulfonamides is 1. The van der Waals surface area contributed by atoms with Gasteiger partial charge in [0.2, 0.25) is 21.8 Å².